The summed E-state index contributed by atoms with van der Waals surface area (Å²) in [6.45, 7) is 1.77. The molecule has 19 heavy (non-hydrogen) atoms. The van der Waals surface area contributed by atoms with E-state index < -0.39 is 30.4 Å². The Morgan fingerprint density at radius 2 is 2.11 bits per heavy atom. The summed E-state index contributed by atoms with van der Waals surface area (Å²) in [6.07, 6.45) is -0.448. The Labute approximate surface area is 113 Å². The number of urea groups is 1. The molecule has 0 fully saturated rings. The van der Waals surface area contributed by atoms with Crippen LogP contribution in [0.3, 0.4) is 0 Å². The van der Waals surface area contributed by atoms with E-state index in [1.807, 2.05) is 17.5 Å². The third-order valence-electron chi connectivity index (χ3n) is 2.33. The molecule has 0 aromatic carbocycles. The summed E-state index contributed by atoms with van der Waals surface area (Å²) in [6, 6.07) is 1.47. The van der Waals surface area contributed by atoms with Crippen molar-refractivity contribution in [2.24, 2.45) is 5.73 Å². The number of carboxylic acid groups (broad SMARTS) is 1. The summed E-state index contributed by atoms with van der Waals surface area (Å²) in [5.41, 5.74) is 4.91. The molecule has 0 saturated heterocycles. The highest BCUT2D eigenvalue weighted by Gasteiger charge is 2.22. The fraction of sp³-hybridized carbons (Fsp3) is 0.364. The molecule has 104 valence electrons. The lowest BCUT2D eigenvalue weighted by molar-refractivity contribution is -0.140. The van der Waals surface area contributed by atoms with Gasteiger partial charge >= 0.3 is 12.0 Å². The Balaban J connectivity index is 2.53. The minimum atomic E-state index is -1.33. The first kappa shape index (κ1) is 15.0. The Hall–Kier alpha value is -2.09. The molecule has 1 heterocycles. The topological polar surface area (TPSA) is 122 Å². The first-order valence-electron chi connectivity index (χ1n) is 5.51. The number of thiophene rings is 1. The van der Waals surface area contributed by atoms with E-state index in [-0.39, 0.29) is 6.04 Å². The van der Waals surface area contributed by atoms with Gasteiger partial charge in [-0.05, 0) is 18.4 Å². The van der Waals surface area contributed by atoms with Gasteiger partial charge in [-0.3, -0.25) is 4.79 Å². The van der Waals surface area contributed by atoms with Crippen LogP contribution in [0.1, 0.15) is 24.3 Å². The number of nitrogens with one attached hydrogen (secondary N) is 2. The monoisotopic (exact) mass is 285 g/mol. The Morgan fingerprint density at radius 1 is 1.42 bits per heavy atom. The van der Waals surface area contributed by atoms with E-state index in [9.17, 15) is 14.4 Å². The first-order valence-corrected chi connectivity index (χ1v) is 6.39. The molecule has 5 N–H and O–H groups in total. The number of carbonyl (C=O) groups is 3. The minimum absolute atomic E-state index is 0.247. The Bertz CT molecular complexity index is 461. The van der Waals surface area contributed by atoms with Crippen LogP contribution in [0, 0.1) is 0 Å². The summed E-state index contributed by atoms with van der Waals surface area (Å²) < 4.78 is 0. The normalized spacial score (nSPS) is 13.3. The van der Waals surface area contributed by atoms with E-state index >= 15 is 0 Å². The van der Waals surface area contributed by atoms with Gasteiger partial charge in [-0.15, -0.1) is 11.3 Å². The number of aliphatic carboxylic acids is 1. The second kappa shape index (κ2) is 6.74. The number of carboxylic acids is 1. The molecule has 0 aliphatic heterocycles. The highest BCUT2D eigenvalue weighted by atomic mass is 32.1. The molecular formula is C11H15N3O4S. The molecule has 1 rings (SSSR count). The van der Waals surface area contributed by atoms with E-state index in [4.69, 9.17) is 10.8 Å². The van der Waals surface area contributed by atoms with E-state index in [0.29, 0.717) is 0 Å². The van der Waals surface area contributed by atoms with Crippen molar-refractivity contribution < 1.29 is 19.5 Å². The van der Waals surface area contributed by atoms with Gasteiger partial charge in [-0.25, -0.2) is 9.59 Å². The van der Waals surface area contributed by atoms with Crippen molar-refractivity contribution in [3.8, 4) is 0 Å². The van der Waals surface area contributed by atoms with Crippen LogP contribution in [-0.4, -0.2) is 29.1 Å². The van der Waals surface area contributed by atoms with E-state index in [1.54, 1.807) is 6.92 Å². The fourth-order valence-electron chi connectivity index (χ4n) is 1.41. The molecule has 7 nitrogen and oxygen atoms in total. The minimum Gasteiger partial charge on any atom is -0.480 e. The van der Waals surface area contributed by atoms with Gasteiger partial charge in [0, 0.05) is 4.88 Å². The lowest BCUT2D eigenvalue weighted by Gasteiger charge is -2.16. The lowest BCUT2D eigenvalue weighted by Crippen LogP contribution is -2.48. The standard InChI is InChI=1S/C11H15N3O4S/c1-6(8-3-2-4-19-8)13-11(18)14-7(10(16)17)5-9(12)15/h2-4,6-7H,5H2,1H3,(H2,12,15)(H,16,17)(H2,13,14,18)/t6?,7-/m0/s1. The molecule has 8 heteroatoms. The number of nitrogens with two attached hydrogens (primary N) is 1. The second-order valence-corrected chi connectivity index (χ2v) is 4.90. The van der Waals surface area contributed by atoms with Crippen molar-refractivity contribution in [1.29, 1.82) is 0 Å². The molecule has 0 aliphatic rings. The van der Waals surface area contributed by atoms with Crippen molar-refractivity contribution in [3.05, 3.63) is 22.4 Å². The summed E-state index contributed by atoms with van der Waals surface area (Å²) in [5, 5.41) is 15.5. The first-order chi connectivity index (χ1) is 8.90. The van der Waals surface area contributed by atoms with Gasteiger partial charge < -0.3 is 21.5 Å². The Kier molecular flexibility index (Phi) is 5.31. The van der Waals surface area contributed by atoms with Crippen molar-refractivity contribution in [3.63, 3.8) is 0 Å². The molecule has 2 atom stereocenters. The second-order valence-electron chi connectivity index (χ2n) is 3.92. The molecule has 1 unspecified atom stereocenters. The molecular weight excluding hydrogens is 270 g/mol. The summed E-state index contributed by atoms with van der Waals surface area (Å²) in [7, 11) is 0. The third kappa shape index (κ3) is 4.96. The number of primary amides is 1. The largest absolute Gasteiger partial charge is 0.480 e. The molecule has 0 radical (unpaired) electrons. The van der Waals surface area contributed by atoms with Gasteiger partial charge in [0.1, 0.15) is 6.04 Å². The molecule has 0 saturated carbocycles. The zero-order valence-electron chi connectivity index (χ0n) is 10.3. The highest BCUT2D eigenvalue weighted by molar-refractivity contribution is 7.10. The SMILES string of the molecule is CC(NC(=O)N[C@@H](CC(N)=O)C(=O)O)c1cccs1. The zero-order valence-corrected chi connectivity index (χ0v) is 11.1. The van der Waals surface area contributed by atoms with Crippen LogP contribution in [0.2, 0.25) is 0 Å². The zero-order chi connectivity index (χ0) is 14.4. The van der Waals surface area contributed by atoms with Crippen LogP contribution in [0.15, 0.2) is 17.5 Å². The van der Waals surface area contributed by atoms with Crippen LogP contribution in [0.25, 0.3) is 0 Å². The summed E-state index contributed by atoms with van der Waals surface area (Å²) >= 11 is 1.48. The van der Waals surface area contributed by atoms with Crippen LogP contribution >= 0.6 is 11.3 Å². The number of hydrogen-bond donors (Lipinski definition) is 4. The van der Waals surface area contributed by atoms with Crippen molar-refractivity contribution in [1.82, 2.24) is 10.6 Å². The van der Waals surface area contributed by atoms with Gasteiger partial charge in [0.05, 0.1) is 12.5 Å². The van der Waals surface area contributed by atoms with Crippen LogP contribution in [0.5, 0.6) is 0 Å². The average molecular weight is 285 g/mol. The molecule has 0 spiro atoms. The van der Waals surface area contributed by atoms with Gasteiger partial charge in [-0.1, -0.05) is 6.07 Å². The van der Waals surface area contributed by atoms with Crippen LogP contribution in [-0.2, 0) is 9.59 Å². The summed E-state index contributed by atoms with van der Waals surface area (Å²) in [5.74, 6) is -2.10. The van der Waals surface area contributed by atoms with Crippen molar-refractivity contribution in [2.45, 2.75) is 25.4 Å². The van der Waals surface area contributed by atoms with Gasteiger partial charge in [0.2, 0.25) is 5.91 Å². The maximum Gasteiger partial charge on any atom is 0.326 e. The lowest BCUT2D eigenvalue weighted by atomic mass is 10.2. The van der Waals surface area contributed by atoms with E-state index in [0.717, 1.165) is 4.88 Å². The van der Waals surface area contributed by atoms with Gasteiger partial charge in [0.25, 0.3) is 0 Å². The quantitative estimate of drug-likeness (QED) is 0.605. The maximum atomic E-state index is 11.6. The predicted molar refractivity (Wildman–Crippen MR) is 69.6 cm³/mol. The van der Waals surface area contributed by atoms with Gasteiger partial charge in [0.15, 0.2) is 0 Å². The average Bonchev–Trinajstić information content (AvgIpc) is 2.80. The molecule has 0 bridgehead atoms. The molecule has 3 amide bonds. The Morgan fingerprint density at radius 3 is 2.58 bits per heavy atom. The van der Waals surface area contributed by atoms with Crippen molar-refractivity contribution in [2.75, 3.05) is 0 Å². The predicted octanol–water partition coefficient (Wildman–Crippen LogP) is 0.437. The van der Waals surface area contributed by atoms with E-state index in [2.05, 4.69) is 10.6 Å². The van der Waals surface area contributed by atoms with Crippen LogP contribution in [0.4, 0.5) is 4.79 Å². The maximum absolute atomic E-state index is 11.6. The third-order valence-corrected chi connectivity index (χ3v) is 3.38. The summed E-state index contributed by atoms with van der Waals surface area (Å²) in [4.78, 5) is 34.1. The number of rotatable bonds is 6. The smallest absolute Gasteiger partial charge is 0.326 e. The van der Waals surface area contributed by atoms with Crippen molar-refractivity contribution >= 4 is 29.2 Å². The molecule has 1 aromatic heterocycles. The number of amides is 3. The van der Waals surface area contributed by atoms with Gasteiger partial charge in [-0.2, -0.15) is 0 Å². The van der Waals surface area contributed by atoms with Crippen LogP contribution < -0.4 is 16.4 Å². The fourth-order valence-corrected chi connectivity index (χ4v) is 2.14. The highest BCUT2D eigenvalue weighted by Crippen LogP contribution is 2.17. The molecule has 0 aliphatic carbocycles. The number of hydrogen-bond acceptors (Lipinski definition) is 4. The van der Waals surface area contributed by atoms with E-state index in [1.165, 1.54) is 11.3 Å². The number of carbonyl (C=O) groups excluding carboxylic acids is 2. The molecule has 1 aromatic rings.